The smallest absolute Gasteiger partial charge is 0.245 e. The molecule has 1 fully saturated rings. The van der Waals surface area contributed by atoms with Crippen molar-refractivity contribution in [3.63, 3.8) is 0 Å². The highest BCUT2D eigenvalue weighted by molar-refractivity contribution is 7.89. The van der Waals surface area contributed by atoms with Gasteiger partial charge in [0.25, 0.3) is 0 Å². The molecule has 0 aromatic heterocycles. The Morgan fingerprint density at radius 2 is 2.14 bits per heavy atom. The van der Waals surface area contributed by atoms with Gasteiger partial charge in [0.05, 0.1) is 24.8 Å². The van der Waals surface area contributed by atoms with Crippen LogP contribution >= 0.6 is 23.2 Å². The lowest BCUT2D eigenvalue weighted by atomic mass is 10.2. The Balaban J connectivity index is 2.50. The molecule has 1 atom stereocenters. The second kappa shape index (κ2) is 6.81. The van der Waals surface area contributed by atoms with Crippen molar-refractivity contribution in [2.45, 2.75) is 30.9 Å². The van der Waals surface area contributed by atoms with Gasteiger partial charge in [-0.2, -0.15) is 4.31 Å². The van der Waals surface area contributed by atoms with Gasteiger partial charge in [-0.3, -0.25) is 0 Å². The lowest BCUT2D eigenvalue weighted by Crippen LogP contribution is -2.48. The molecule has 0 amide bonds. The number of morpholine rings is 1. The van der Waals surface area contributed by atoms with Gasteiger partial charge in [0.2, 0.25) is 10.0 Å². The monoisotopic (exact) mass is 353 g/mol. The van der Waals surface area contributed by atoms with Gasteiger partial charge in [-0.25, -0.2) is 8.42 Å². The van der Waals surface area contributed by atoms with Gasteiger partial charge in [0.1, 0.15) is 4.90 Å². The number of ether oxygens (including phenoxy) is 1. The third kappa shape index (κ3) is 3.36. The molecule has 1 aromatic carbocycles. The minimum Gasteiger partial charge on any atom is -0.392 e. The minimum atomic E-state index is -3.78. The number of aliphatic hydroxyl groups is 1. The Morgan fingerprint density at radius 3 is 2.76 bits per heavy atom. The molecule has 0 radical (unpaired) electrons. The number of rotatable bonds is 4. The molecule has 118 valence electrons. The molecule has 1 N–H and O–H groups in total. The SMILES string of the molecule is CCC1COCCN1S(=O)(=O)c1cc(Cl)cc(CO)c1Cl. The molecule has 5 nitrogen and oxygen atoms in total. The van der Waals surface area contributed by atoms with Gasteiger partial charge in [0.15, 0.2) is 0 Å². The van der Waals surface area contributed by atoms with Crippen LogP contribution in [0.15, 0.2) is 17.0 Å². The van der Waals surface area contributed by atoms with E-state index in [9.17, 15) is 13.5 Å². The van der Waals surface area contributed by atoms with Crippen molar-refractivity contribution >= 4 is 33.2 Å². The quantitative estimate of drug-likeness (QED) is 0.901. The van der Waals surface area contributed by atoms with Crippen molar-refractivity contribution < 1.29 is 18.3 Å². The van der Waals surface area contributed by atoms with Crippen LogP contribution in [0.3, 0.4) is 0 Å². The predicted molar refractivity (Wildman–Crippen MR) is 81.2 cm³/mol. The van der Waals surface area contributed by atoms with E-state index in [1.54, 1.807) is 0 Å². The van der Waals surface area contributed by atoms with Gasteiger partial charge >= 0.3 is 0 Å². The van der Waals surface area contributed by atoms with Crippen molar-refractivity contribution in [1.29, 1.82) is 0 Å². The van der Waals surface area contributed by atoms with E-state index in [1.807, 2.05) is 6.92 Å². The molecule has 0 saturated carbocycles. The summed E-state index contributed by atoms with van der Waals surface area (Å²) in [5, 5.41) is 9.51. The van der Waals surface area contributed by atoms with Gasteiger partial charge < -0.3 is 9.84 Å². The predicted octanol–water partition coefficient (Wildman–Crippen LogP) is 2.29. The lowest BCUT2D eigenvalue weighted by Gasteiger charge is -2.34. The van der Waals surface area contributed by atoms with E-state index in [-0.39, 0.29) is 34.1 Å². The van der Waals surface area contributed by atoms with Gasteiger partial charge in [-0.15, -0.1) is 0 Å². The van der Waals surface area contributed by atoms with E-state index in [0.29, 0.717) is 25.2 Å². The minimum absolute atomic E-state index is 0.0169. The number of aliphatic hydroxyl groups excluding tert-OH is 1. The maximum atomic E-state index is 12.8. The van der Waals surface area contributed by atoms with E-state index in [0.717, 1.165) is 0 Å². The number of halogens is 2. The van der Waals surface area contributed by atoms with E-state index in [2.05, 4.69) is 0 Å². The molecule has 8 heteroatoms. The summed E-state index contributed by atoms with van der Waals surface area (Å²) < 4.78 is 32.4. The Hall–Kier alpha value is -0.370. The van der Waals surface area contributed by atoms with Gasteiger partial charge in [0, 0.05) is 17.6 Å². The average Bonchev–Trinajstić information content (AvgIpc) is 2.48. The van der Waals surface area contributed by atoms with Crippen LogP contribution in [0.5, 0.6) is 0 Å². The highest BCUT2D eigenvalue weighted by Crippen LogP contribution is 2.33. The van der Waals surface area contributed by atoms with E-state index in [1.165, 1.54) is 16.4 Å². The number of hydrogen-bond acceptors (Lipinski definition) is 4. The van der Waals surface area contributed by atoms with Crippen LogP contribution in [0.2, 0.25) is 10.0 Å². The van der Waals surface area contributed by atoms with Crippen LogP contribution in [0.4, 0.5) is 0 Å². The zero-order valence-corrected chi connectivity index (χ0v) is 13.9. The lowest BCUT2D eigenvalue weighted by molar-refractivity contribution is 0.0314. The van der Waals surface area contributed by atoms with Crippen LogP contribution < -0.4 is 0 Å². The molecule has 1 heterocycles. The number of sulfonamides is 1. The summed E-state index contributed by atoms with van der Waals surface area (Å²) in [6.07, 6.45) is 0.643. The van der Waals surface area contributed by atoms with Crippen LogP contribution in [0.1, 0.15) is 18.9 Å². The molecule has 1 aliphatic rings. The van der Waals surface area contributed by atoms with Crippen molar-refractivity contribution in [3.8, 4) is 0 Å². The zero-order chi connectivity index (χ0) is 15.6. The highest BCUT2D eigenvalue weighted by atomic mass is 35.5. The van der Waals surface area contributed by atoms with Gasteiger partial charge in [-0.05, 0) is 24.1 Å². The molecule has 0 spiro atoms. The van der Waals surface area contributed by atoms with Crippen molar-refractivity contribution in [1.82, 2.24) is 4.31 Å². The normalized spacial score (nSPS) is 20.7. The average molecular weight is 354 g/mol. The van der Waals surface area contributed by atoms with E-state index < -0.39 is 10.0 Å². The number of benzene rings is 1. The summed E-state index contributed by atoms with van der Waals surface area (Å²) in [6, 6.07) is 2.55. The third-order valence-electron chi connectivity index (χ3n) is 3.48. The number of nitrogens with zero attached hydrogens (tertiary/aromatic N) is 1. The molecule has 1 saturated heterocycles. The largest absolute Gasteiger partial charge is 0.392 e. The van der Waals surface area contributed by atoms with Crippen molar-refractivity contribution in [2.75, 3.05) is 19.8 Å². The Kier molecular flexibility index (Phi) is 5.51. The molecule has 1 unspecified atom stereocenters. The third-order valence-corrected chi connectivity index (χ3v) is 6.23. The maximum Gasteiger partial charge on any atom is 0.245 e. The molecule has 1 aromatic rings. The van der Waals surface area contributed by atoms with Crippen LogP contribution in [-0.2, 0) is 21.4 Å². The maximum absolute atomic E-state index is 12.8. The second-order valence-corrected chi connectivity index (χ2v) is 7.46. The first kappa shape index (κ1) is 17.0. The first-order chi connectivity index (χ1) is 9.91. The first-order valence-corrected chi connectivity index (χ1v) is 8.79. The summed E-state index contributed by atoms with van der Waals surface area (Å²) in [4.78, 5) is -0.0685. The first-order valence-electron chi connectivity index (χ1n) is 6.60. The molecular formula is C13H17Cl2NO4S. The summed E-state index contributed by atoms with van der Waals surface area (Å²) in [7, 11) is -3.78. The standard InChI is InChI=1S/C13H17Cl2NO4S/c1-2-11-8-20-4-3-16(11)21(18,19)12-6-10(14)5-9(7-17)13(12)15/h5-6,11,17H,2-4,7-8H2,1H3. The second-order valence-electron chi connectivity index (χ2n) is 4.79. The van der Waals surface area contributed by atoms with E-state index >= 15 is 0 Å². The fraction of sp³-hybridized carbons (Fsp3) is 0.538. The highest BCUT2D eigenvalue weighted by Gasteiger charge is 2.35. The molecule has 2 rings (SSSR count). The summed E-state index contributed by atoms with van der Waals surface area (Å²) in [5.41, 5.74) is 0.295. The van der Waals surface area contributed by atoms with E-state index in [4.69, 9.17) is 27.9 Å². The molecule has 0 bridgehead atoms. The van der Waals surface area contributed by atoms with Crippen molar-refractivity contribution in [2.24, 2.45) is 0 Å². The summed E-state index contributed by atoms with van der Waals surface area (Å²) >= 11 is 12.1. The molecule has 1 aliphatic heterocycles. The summed E-state index contributed by atoms with van der Waals surface area (Å²) in [6.45, 7) is 2.52. The van der Waals surface area contributed by atoms with Crippen LogP contribution in [0, 0.1) is 0 Å². The van der Waals surface area contributed by atoms with Crippen LogP contribution in [0.25, 0.3) is 0 Å². The van der Waals surface area contributed by atoms with Crippen molar-refractivity contribution in [3.05, 3.63) is 27.7 Å². The Labute approximate surface area is 134 Å². The molecule has 0 aliphatic carbocycles. The fourth-order valence-electron chi connectivity index (χ4n) is 2.32. The van der Waals surface area contributed by atoms with Gasteiger partial charge in [-0.1, -0.05) is 30.1 Å². The summed E-state index contributed by atoms with van der Waals surface area (Å²) in [5.74, 6) is 0. The Morgan fingerprint density at radius 1 is 1.43 bits per heavy atom. The van der Waals surface area contributed by atoms with Crippen LogP contribution in [-0.4, -0.2) is 43.6 Å². The Bertz CT molecular complexity index is 621. The number of hydrogen-bond donors (Lipinski definition) is 1. The fourth-order valence-corrected chi connectivity index (χ4v) is 4.90. The zero-order valence-electron chi connectivity index (χ0n) is 11.6. The topological polar surface area (TPSA) is 66.8 Å². The molecular weight excluding hydrogens is 337 g/mol. The molecule has 21 heavy (non-hydrogen) atoms.